The first kappa shape index (κ1) is 7.54. The second kappa shape index (κ2) is 3.56. The number of hydrogen-bond donors (Lipinski definition) is 2. The lowest BCUT2D eigenvalue weighted by Gasteiger charge is -2.25. The molecule has 0 radical (unpaired) electrons. The van der Waals surface area contributed by atoms with Crippen molar-refractivity contribution in [3.05, 3.63) is 0 Å². The molecule has 0 unspecified atom stereocenters. The highest BCUT2D eigenvalue weighted by Gasteiger charge is 2.17. The van der Waals surface area contributed by atoms with Crippen LogP contribution >= 0.6 is 0 Å². The van der Waals surface area contributed by atoms with Crippen molar-refractivity contribution in [1.82, 2.24) is 5.32 Å². The van der Waals surface area contributed by atoms with E-state index in [1.807, 2.05) is 0 Å². The zero-order valence-corrected chi connectivity index (χ0v) is 6.05. The maximum absolute atomic E-state index is 10.0. The Kier molecular flexibility index (Phi) is 2.68. The third-order valence-electron chi connectivity index (χ3n) is 2.02. The summed E-state index contributed by atoms with van der Waals surface area (Å²) < 4.78 is 0. The third kappa shape index (κ3) is 1.99. The van der Waals surface area contributed by atoms with E-state index in [-0.39, 0.29) is 0 Å². The number of nitrogens with one attached hydrogen (secondary N) is 1. The predicted molar refractivity (Wildman–Crippen MR) is 39.4 cm³/mol. The molecule has 0 spiro atoms. The summed E-state index contributed by atoms with van der Waals surface area (Å²) in [7, 11) is 0. The monoisotopic (exact) mass is 142 g/mol. The Morgan fingerprint density at radius 1 is 1.50 bits per heavy atom. The lowest BCUT2D eigenvalue weighted by atomic mass is 9.92. The van der Waals surface area contributed by atoms with Gasteiger partial charge < -0.3 is 11.1 Å². The Bertz CT molecular complexity index is 116. The normalized spacial score (nSPS) is 33.3. The average molecular weight is 142 g/mol. The zero-order chi connectivity index (χ0) is 7.40. The van der Waals surface area contributed by atoms with E-state index in [0.29, 0.717) is 12.1 Å². The molecule has 3 N–H and O–H groups in total. The molecule has 0 aliphatic heterocycles. The standard InChI is InChI=1S/C7H14N2O/c8-6-2-1-3-7(4-6)9-5-10/h5-7H,1-4,8H2,(H,9,10)/t6-,7+/m0/s1. The van der Waals surface area contributed by atoms with Gasteiger partial charge in [-0.05, 0) is 25.7 Å². The van der Waals surface area contributed by atoms with Gasteiger partial charge in [0.15, 0.2) is 0 Å². The minimum atomic E-state index is 0.297. The summed E-state index contributed by atoms with van der Waals surface area (Å²) in [5.41, 5.74) is 5.70. The largest absolute Gasteiger partial charge is 0.356 e. The molecule has 1 rings (SSSR count). The average Bonchev–Trinajstić information content (AvgIpc) is 1.88. The van der Waals surface area contributed by atoms with Gasteiger partial charge >= 0.3 is 0 Å². The maximum atomic E-state index is 10.0. The molecule has 0 bridgehead atoms. The van der Waals surface area contributed by atoms with Gasteiger partial charge in [-0.15, -0.1) is 0 Å². The molecule has 0 heterocycles. The van der Waals surface area contributed by atoms with Gasteiger partial charge in [-0.1, -0.05) is 0 Å². The summed E-state index contributed by atoms with van der Waals surface area (Å²) in [5.74, 6) is 0. The predicted octanol–water partition coefficient (Wildman–Crippen LogP) is 0.00230. The van der Waals surface area contributed by atoms with Crippen LogP contribution in [0, 0.1) is 0 Å². The molecule has 3 heteroatoms. The van der Waals surface area contributed by atoms with Crippen LogP contribution in [0.25, 0.3) is 0 Å². The molecule has 2 atom stereocenters. The van der Waals surface area contributed by atoms with Crippen molar-refractivity contribution in [2.75, 3.05) is 0 Å². The molecule has 0 aromatic heterocycles. The summed E-state index contributed by atoms with van der Waals surface area (Å²) >= 11 is 0. The van der Waals surface area contributed by atoms with Crippen molar-refractivity contribution < 1.29 is 4.79 Å². The molecule has 0 aromatic carbocycles. The van der Waals surface area contributed by atoms with E-state index in [1.54, 1.807) is 0 Å². The van der Waals surface area contributed by atoms with Gasteiger partial charge in [-0.25, -0.2) is 0 Å². The molecule has 10 heavy (non-hydrogen) atoms. The molecular weight excluding hydrogens is 128 g/mol. The molecule has 0 saturated heterocycles. The van der Waals surface area contributed by atoms with Crippen molar-refractivity contribution in [1.29, 1.82) is 0 Å². The molecule has 1 aliphatic rings. The van der Waals surface area contributed by atoms with Crippen LogP contribution in [0.4, 0.5) is 0 Å². The quantitative estimate of drug-likeness (QED) is 0.533. The molecule has 1 aliphatic carbocycles. The second-order valence-corrected chi connectivity index (χ2v) is 2.91. The molecule has 1 amide bonds. The van der Waals surface area contributed by atoms with E-state index >= 15 is 0 Å². The van der Waals surface area contributed by atoms with Crippen LogP contribution in [0.5, 0.6) is 0 Å². The van der Waals surface area contributed by atoms with Crippen LogP contribution in [0.15, 0.2) is 0 Å². The fraction of sp³-hybridized carbons (Fsp3) is 0.857. The Balaban J connectivity index is 2.24. The number of amides is 1. The van der Waals surface area contributed by atoms with Crippen LogP contribution in [-0.4, -0.2) is 18.5 Å². The second-order valence-electron chi connectivity index (χ2n) is 2.91. The SMILES string of the molecule is N[C@H]1CCC[C@@H](NC=O)C1. The maximum Gasteiger partial charge on any atom is 0.207 e. The van der Waals surface area contributed by atoms with Gasteiger partial charge in [0.25, 0.3) is 0 Å². The van der Waals surface area contributed by atoms with E-state index in [1.165, 1.54) is 0 Å². The van der Waals surface area contributed by atoms with Crippen molar-refractivity contribution in [3.8, 4) is 0 Å². The van der Waals surface area contributed by atoms with Crippen molar-refractivity contribution in [2.24, 2.45) is 5.73 Å². The summed E-state index contributed by atoms with van der Waals surface area (Å²) in [6.07, 6.45) is 5.05. The first-order valence-electron chi connectivity index (χ1n) is 3.78. The van der Waals surface area contributed by atoms with Gasteiger partial charge in [0.1, 0.15) is 0 Å². The molecule has 1 saturated carbocycles. The number of nitrogens with two attached hydrogens (primary N) is 1. The fourth-order valence-corrected chi connectivity index (χ4v) is 1.48. The van der Waals surface area contributed by atoms with Gasteiger partial charge in [-0.3, -0.25) is 4.79 Å². The van der Waals surface area contributed by atoms with Crippen LogP contribution < -0.4 is 11.1 Å². The van der Waals surface area contributed by atoms with Crippen LogP contribution in [0.1, 0.15) is 25.7 Å². The van der Waals surface area contributed by atoms with Gasteiger partial charge in [0, 0.05) is 12.1 Å². The first-order valence-corrected chi connectivity index (χ1v) is 3.78. The summed E-state index contributed by atoms with van der Waals surface area (Å²) in [4.78, 5) is 10.0. The Hall–Kier alpha value is -0.570. The van der Waals surface area contributed by atoms with Crippen LogP contribution in [0.3, 0.4) is 0 Å². The van der Waals surface area contributed by atoms with Crippen molar-refractivity contribution >= 4 is 6.41 Å². The van der Waals surface area contributed by atoms with E-state index in [9.17, 15) is 4.79 Å². The topological polar surface area (TPSA) is 55.1 Å². The van der Waals surface area contributed by atoms with Crippen LogP contribution in [-0.2, 0) is 4.79 Å². The van der Waals surface area contributed by atoms with E-state index in [2.05, 4.69) is 5.32 Å². The van der Waals surface area contributed by atoms with Crippen LogP contribution in [0.2, 0.25) is 0 Å². The fourth-order valence-electron chi connectivity index (χ4n) is 1.48. The van der Waals surface area contributed by atoms with E-state index < -0.39 is 0 Å². The highest BCUT2D eigenvalue weighted by Crippen LogP contribution is 2.15. The van der Waals surface area contributed by atoms with E-state index in [4.69, 9.17) is 5.73 Å². The van der Waals surface area contributed by atoms with Crippen molar-refractivity contribution in [2.45, 2.75) is 37.8 Å². The summed E-state index contributed by atoms with van der Waals surface area (Å²) in [6, 6.07) is 0.632. The van der Waals surface area contributed by atoms with Crippen molar-refractivity contribution in [3.63, 3.8) is 0 Å². The molecule has 1 fully saturated rings. The minimum Gasteiger partial charge on any atom is -0.356 e. The Labute approximate surface area is 61.0 Å². The summed E-state index contributed by atoms with van der Waals surface area (Å²) in [5, 5.41) is 2.75. The lowest BCUT2D eigenvalue weighted by molar-refractivity contribution is -0.110. The van der Waals surface area contributed by atoms with Gasteiger partial charge in [0.2, 0.25) is 6.41 Å². The minimum absolute atomic E-state index is 0.297. The molecule has 0 aromatic rings. The number of rotatable bonds is 2. The highest BCUT2D eigenvalue weighted by molar-refractivity contribution is 5.46. The Morgan fingerprint density at radius 3 is 2.90 bits per heavy atom. The lowest BCUT2D eigenvalue weighted by Crippen LogP contribution is -2.38. The number of carbonyl (C=O) groups is 1. The molecule has 58 valence electrons. The molecular formula is C7H14N2O. The van der Waals surface area contributed by atoms with Gasteiger partial charge in [-0.2, -0.15) is 0 Å². The zero-order valence-electron chi connectivity index (χ0n) is 6.05. The number of hydrogen-bond acceptors (Lipinski definition) is 2. The van der Waals surface area contributed by atoms with E-state index in [0.717, 1.165) is 32.1 Å². The third-order valence-corrected chi connectivity index (χ3v) is 2.02. The van der Waals surface area contributed by atoms with Gasteiger partial charge in [0.05, 0.1) is 0 Å². The molecule has 3 nitrogen and oxygen atoms in total. The highest BCUT2D eigenvalue weighted by atomic mass is 16.1. The summed E-state index contributed by atoms with van der Waals surface area (Å²) in [6.45, 7) is 0. The first-order chi connectivity index (χ1) is 4.83. The number of carbonyl (C=O) groups excluding carboxylic acids is 1. The Morgan fingerprint density at radius 2 is 2.30 bits per heavy atom. The smallest absolute Gasteiger partial charge is 0.207 e.